The van der Waals surface area contributed by atoms with E-state index < -0.39 is 32.8 Å². The number of fused-ring (bicyclic) bond motifs is 1. The summed E-state index contributed by atoms with van der Waals surface area (Å²) in [4.78, 5) is 24.7. The van der Waals surface area contributed by atoms with Gasteiger partial charge in [-0.1, -0.05) is 18.2 Å². The molecule has 3 aliphatic carbocycles. The Bertz CT molecular complexity index is 797. The smallest absolute Gasteiger partial charge is 0.466 e. The number of ketones is 1. The number of ether oxygens (including phenoxy) is 1. The Morgan fingerprint density at radius 3 is 2.13 bits per heavy atom. The van der Waals surface area contributed by atoms with Crippen molar-refractivity contribution in [3.05, 3.63) is 93.5 Å². The van der Waals surface area contributed by atoms with Crippen LogP contribution in [0.1, 0.15) is 13.3 Å². The molecule has 1 aromatic rings. The fraction of sp³-hybridized carbons (Fsp3) is 0.217. The van der Waals surface area contributed by atoms with Crippen LogP contribution < -0.4 is 0 Å². The minimum Gasteiger partial charge on any atom is -0.466 e. The van der Waals surface area contributed by atoms with Gasteiger partial charge in [0.25, 0.3) is 0 Å². The topological polar surface area (TPSA) is 77.5 Å². The van der Waals surface area contributed by atoms with Gasteiger partial charge in [-0.2, -0.15) is 0 Å². The molecule has 0 N–H and O–H groups in total. The van der Waals surface area contributed by atoms with E-state index in [0.29, 0.717) is 11.8 Å². The molecule has 156 valence electrons. The van der Waals surface area contributed by atoms with E-state index in [9.17, 15) is 18.0 Å². The third-order valence-electron chi connectivity index (χ3n) is 4.79. The normalized spacial score (nSPS) is 24.0. The Balaban J connectivity index is 0.000000468. The van der Waals surface area contributed by atoms with E-state index in [0.717, 1.165) is 0 Å². The summed E-state index contributed by atoms with van der Waals surface area (Å²) >= 11 is 0. The van der Waals surface area contributed by atoms with E-state index >= 15 is 0 Å². The van der Waals surface area contributed by atoms with Crippen LogP contribution in [0, 0.1) is 69.1 Å². The second kappa shape index (κ2) is 11.4. The summed E-state index contributed by atoms with van der Waals surface area (Å²) in [5.74, 6) is -0.677. The molecule has 30 heavy (non-hydrogen) atoms. The van der Waals surface area contributed by atoms with E-state index in [1.54, 1.807) is 44.4 Å². The van der Waals surface area contributed by atoms with Crippen molar-refractivity contribution in [1.29, 1.82) is 0 Å². The Hall–Kier alpha value is -1.17. The van der Waals surface area contributed by atoms with E-state index in [-0.39, 0.29) is 35.0 Å². The number of esters is 1. The standard InChI is InChI=1S/C18H17O5S.C5H5.Fe/c1-2-23-16(19)11-15-13-9-6-10-14(13)17(20)18(15)24(21,22)12-7-4-3-5-8-12;1-2-4-5-3-1;/h3-10,15,18H,2,11H2,1H3;1-5H;/q;;+2/t15-,18?;;/m1../s1. The first-order valence-corrected chi connectivity index (χ1v) is 10.9. The zero-order chi connectivity index (χ0) is 20.9. The molecular formula is C23H22FeO5S+2. The second-order valence-corrected chi connectivity index (χ2v) is 8.68. The minimum atomic E-state index is -3.89. The van der Waals surface area contributed by atoms with E-state index in [4.69, 9.17) is 4.74 Å². The van der Waals surface area contributed by atoms with Gasteiger partial charge in [-0.3, -0.25) is 9.59 Å². The third kappa shape index (κ3) is 5.54. The van der Waals surface area contributed by atoms with E-state index in [2.05, 4.69) is 0 Å². The molecule has 5 nitrogen and oxygen atoms in total. The fourth-order valence-corrected chi connectivity index (χ4v) is 5.45. The Kier molecular flexibility index (Phi) is 9.58. The molecule has 0 heterocycles. The largest absolute Gasteiger partial charge is 2.00 e. The third-order valence-corrected chi connectivity index (χ3v) is 6.93. The SMILES string of the molecule is CCOC(=O)C[C@@H]1[C]2[CH][CH][CH][C]2C(=O)C1S(=O)(=O)c1ccccc1.[CH]1[CH][CH][CH][CH]1.[Fe+2]. The number of Topliss-reactive ketones (excluding diaryl/α,β-unsaturated/α-hetero) is 1. The van der Waals surface area contributed by atoms with E-state index in [1.807, 2.05) is 32.1 Å². The maximum absolute atomic E-state index is 13.0. The van der Waals surface area contributed by atoms with E-state index in [1.165, 1.54) is 12.1 Å². The first kappa shape index (κ1) is 25.1. The van der Waals surface area contributed by atoms with Crippen molar-refractivity contribution >= 4 is 21.6 Å². The van der Waals surface area contributed by atoms with Crippen molar-refractivity contribution in [3.8, 4) is 0 Å². The van der Waals surface area contributed by atoms with Crippen molar-refractivity contribution in [2.45, 2.75) is 23.5 Å². The Labute approximate surface area is 190 Å². The molecule has 2 atom stereocenters. The summed E-state index contributed by atoms with van der Waals surface area (Å²) in [5, 5.41) is -1.28. The zero-order valence-electron chi connectivity index (χ0n) is 16.4. The number of rotatable bonds is 5. The Morgan fingerprint density at radius 1 is 0.967 bits per heavy atom. The average Bonchev–Trinajstić information content (AvgIpc) is 3.45. The van der Waals surface area contributed by atoms with Crippen LogP contribution in [0.15, 0.2) is 35.2 Å². The van der Waals surface area contributed by atoms with Gasteiger partial charge in [-0.05, 0) is 76.3 Å². The molecular weight excluding hydrogens is 444 g/mol. The number of hydrogen-bond donors (Lipinski definition) is 0. The molecule has 1 unspecified atom stereocenters. The predicted molar refractivity (Wildman–Crippen MR) is 108 cm³/mol. The Morgan fingerprint density at radius 2 is 1.57 bits per heavy atom. The first-order chi connectivity index (χ1) is 14.0. The van der Waals surface area contributed by atoms with Gasteiger partial charge in [0.05, 0.1) is 23.8 Å². The first-order valence-electron chi connectivity index (χ1n) is 9.38. The van der Waals surface area contributed by atoms with Crippen LogP contribution in [0.4, 0.5) is 0 Å². The molecule has 0 aliphatic heterocycles. The summed E-state index contributed by atoms with van der Waals surface area (Å²) in [6.07, 6.45) is 14.9. The van der Waals surface area contributed by atoms with Gasteiger partial charge in [0.2, 0.25) is 0 Å². The molecule has 7 heteroatoms. The number of hydrogen-bond acceptors (Lipinski definition) is 5. The molecule has 3 saturated carbocycles. The summed E-state index contributed by atoms with van der Waals surface area (Å²) in [5.41, 5.74) is 0. The predicted octanol–water partition coefficient (Wildman–Crippen LogP) is 2.78. The number of benzene rings is 1. The zero-order valence-corrected chi connectivity index (χ0v) is 18.3. The van der Waals surface area contributed by atoms with Crippen LogP contribution >= 0.6 is 0 Å². The maximum atomic E-state index is 13.0. The number of carbonyl (C=O) groups excluding carboxylic acids is 2. The van der Waals surface area contributed by atoms with Gasteiger partial charge in [-0.25, -0.2) is 8.42 Å². The van der Waals surface area contributed by atoms with Gasteiger partial charge < -0.3 is 4.74 Å². The summed E-state index contributed by atoms with van der Waals surface area (Å²) in [7, 11) is -3.89. The van der Waals surface area contributed by atoms with Crippen LogP contribution in [-0.2, 0) is 41.2 Å². The molecule has 1 aromatic carbocycles. The molecule has 4 rings (SSSR count). The number of carbonyl (C=O) groups is 2. The van der Waals surface area contributed by atoms with Gasteiger partial charge in [-0.15, -0.1) is 0 Å². The fourth-order valence-electron chi connectivity index (χ4n) is 3.53. The quantitative estimate of drug-likeness (QED) is 0.493. The number of sulfone groups is 1. The van der Waals surface area contributed by atoms with Gasteiger partial charge in [0.15, 0.2) is 15.6 Å². The van der Waals surface area contributed by atoms with Crippen LogP contribution in [0.2, 0.25) is 0 Å². The van der Waals surface area contributed by atoms with Gasteiger partial charge in [0, 0.05) is 5.92 Å². The molecule has 0 spiro atoms. The molecule has 0 saturated heterocycles. The average molecular weight is 466 g/mol. The maximum Gasteiger partial charge on any atom is 2.00 e. The molecule has 3 fully saturated rings. The monoisotopic (exact) mass is 466 g/mol. The van der Waals surface area contributed by atoms with Crippen molar-refractivity contribution in [2.24, 2.45) is 5.92 Å². The summed E-state index contributed by atoms with van der Waals surface area (Å²) < 4.78 is 30.9. The molecule has 10 radical (unpaired) electrons. The van der Waals surface area contributed by atoms with Crippen LogP contribution in [0.3, 0.4) is 0 Å². The van der Waals surface area contributed by atoms with Crippen molar-refractivity contribution in [1.82, 2.24) is 0 Å². The van der Waals surface area contributed by atoms with Crippen LogP contribution in [0.25, 0.3) is 0 Å². The summed E-state index contributed by atoms with van der Waals surface area (Å²) in [6, 6.07) is 7.86. The molecule has 0 amide bonds. The van der Waals surface area contributed by atoms with Gasteiger partial charge in [0.1, 0.15) is 5.25 Å². The molecule has 0 bridgehead atoms. The van der Waals surface area contributed by atoms with Crippen LogP contribution in [-0.4, -0.2) is 32.0 Å². The van der Waals surface area contributed by atoms with Crippen LogP contribution in [0.5, 0.6) is 0 Å². The molecule has 0 aromatic heterocycles. The minimum absolute atomic E-state index is 0. The summed E-state index contributed by atoms with van der Waals surface area (Å²) in [6.45, 7) is 1.90. The second-order valence-electron chi connectivity index (χ2n) is 6.62. The van der Waals surface area contributed by atoms with Crippen molar-refractivity contribution < 1.29 is 39.8 Å². The van der Waals surface area contributed by atoms with Gasteiger partial charge >= 0.3 is 23.0 Å². The van der Waals surface area contributed by atoms with Crippen molar-refractivity contribution in [2.75, 3.05) is 6.61 Å². The van der Waals surface area contributed by atoms with Crippen molar-refractivity contribution in [3.63, 3.8) is 0 Å². The molecule has 3 aliphatic rings.